The zero-order valence-electron chi connectivity index (χ0n) is 16.8. The molecule has 1 N–H and O–H groups in total. The molecule has 150 valence electrons. The number of carbonyl (C=O) groups is 1. The minimum Gasteiger partial charge on any atom is -0.497 e. The van der Waals surface area contributed by atoms with Gasteiger partial charge in [0.05, 0.1) is 25.6 Å². The summed E-state index contributed by atoms with van der Waals surface area (Å²) in [4.78, 5) is 25.1. The smallest absolute Gasteiger partial charge is 0.267 e. The largest absolute Gasteiger partial charge is 0.497 e. The van der Waals surface area contributed by atoms with E-state index in [1.54, 1.807) is 38.3 Å². The maximum Gasteiger partial charge on any atom is 0.267 e. The Hall–Kier alpha value is -3.61. The lowest BCUT2D eigenvalue weighted by atomic mass is 10.1. The number of benzene rings is 2. The van der Waals surface area contributed by atoms with Gasteiger partial charge < -0.3 is 14.8 Å². The lowest BCUT2D eigenvalue weighted by Gasteiger charge is -2.17. The second-order valence-electron chi connectivity index (χ2n) is 6.60. The van der Waals surface area contributed by atoms with Crippen molar-refractivity contribution in [2.24, 2.45) is 0 Å². The van der Waals surface area contributed by atoms with Crippen molar-refractivity contribution in [2.75, 3.05) is 19.5 Å². The Balaban J connectivity index is 1.87. The standard InChI is InChI=1S/C22H23N3O4/c1-14-5-7-16(8-6-14)18-11-12-21(26)25(24-18)15(2)22(27)23-19-10-9-17(28-3)13-20(19)29-4/h5-13,15H,1-4H3,(H,23,27)/t15-/m1/s1. The number of anilines is 1. The number of hydrogen-bond acceptors (Lipinski definition) is 5. The van der Waals surface area contributed by atoms with E-state index in [9.17, 15) is 9.59 Å². The highest BCUT2D eigenvalue weighted by molar-refractivity contribution is 5.94. The molecule has 1 heterocycles. The van der Waals surface area contributed by atoms with Crippen LogP contribution in [-0.4, -0.2) is 29.9 Å². The molecule has 0 radical (unpaired) electrons. The highest BCUT2D eigenvalue weighted by atomic mass is 16.5. The maximum atomic E-state index is 12.8. The third kappa shape index (κ3) is 4.45. The number of aromatic nitrogens is 2. The third-order valence-corrected chi connectivity index (χ3v) is 4.59. The van der Waals surface area contributed by atoms with Gasteiger partial charge in [-0.05, 0) is 32.0 Å². The number of methoxy groups -OCH3 is 2. The second kappa shape index (κ2) is 8.60. The fraction of sp³-hybridized carbons (Fsp3) is 0.227. The van der Waals surface area contributed by atoms with Gasteiger partial charge in [0.25, 0.3) is 5.56 Å². The van der Waals surface area contributed by atoms with E-state index in [0.29, 0.717) is 22.9 Å². The van der Waals surface area contributed by atoms with Crippen LogP contribution in [0.5, 0.6) is 11.5 Å². The molecule has 3 rings (SSSR count). The van der Waals surface area contributed by atoms with Gasteiger partial charge in [-0.1, -0.05) is 29.8 Å². The van der Waals surface area contributed by atoms with Crippen LogP contribution in [0.2, 0.25) is 0 Å². The van der Waals surface area contributed by atoms with Gasteiger partial charge >= 0.3 is 0 Å². The van der Waals surface area contributed by atoms with Crippen LogP contribution in [-0.2, 0) is 4.79 Å². The second-order valence-corrected chi connectivity index (χ2v) is 6.60. The van der Waals surface area contributed by atoms with Gasteiger partial charge in [0.15, 0.2) is 0 Å². The minimum atomic E-state index is -0.820. The molecule has 7 heteroatoms. The first kappa shape index (κ1) is 20.1. The summed E-state index contributed by atoms with van der Waals surface area (Å²) < 4.78 is 11.7. The van der Waals surface area contributed by atoms with E-state index in [2.05, 4.69) is 10.4 Å². The van der Waals surface area contributed by atoms with Gasteiger partial charge in [-0.25, -0.2) is 4.68 Å². The van der Waals surface area contributed by atoms with Crippen molar-refractivity contribution in [1.82, 2.24) is 9.78 Å². The fourth-order valence-corrected chi connectivity index (χ4v) is 2.83. The first-order chi connectivity index (χ1) is 13.9. The van der Waals surface area contributed by atoms with E-state index in [1.165, 1.54) is 17.9 Å². The molecule has 1 amide bonds. The molecule has 0 aliphatic heterocycles. The summed E-state index contributed by atoms with van der Waals surface area (Å²) in [7, 11) is 3.05. The van der Waals surface area contributed by atoms with Crippen LogP contribution < -0.4 is 20.3 Å². The molecule has 2 aromatic carbocycles. The predicted molar refractivity (Wildman–Crippen MR) is 112 cm³/mol. The van der Waals surface area contributed by atoms with Crippen LogP contribution in [0.1, 0.15) is 18.5 Å². The Morgan fingerprint density at radius 1 is 1.03 bits per heavy atom. The highest BCUT2D eigenvalue weighted by Gasteiger charge is 2.20. The lowest BCUT2D eigenvalue weighted by Crippen LogP contribution is -2.33. The number of amides is 1. The Morgan fingerprint density at radius 2 is 1.76 bits per heavy atom. The van der Waals surface area contributed by atoms with Gasteiger partial charge in [0, 0.05) is 17.7 Å². The van der Waals surface area contributed by atoms with Crippen LogP contribution in [0.25, 0.3) is 11.3 Å². The first-order valence-electron chi connectivity index (χ1n) is 9.12. The lowest BCUT2D eigenvalue weighted by molar-refractivity contribution is -0.119. The molecule has 1 aromatic heterocycles. The summed E-state index contributed by atoms with van der Waals surface area (Å²) >= 11 is 0. The van der Waals surface area contributed by atoms with E-state index in [1.807, 2.05) is 31.2 Å². The molecule has 0 fully saturated rings. The fourth-order valence-electron chi connectivity index (χ4n) is 2.83. The Labute approximate surface area is 168 Å². The van der Waals surface area contributed by atoms with E-state index in [4.69, 9.17) is 9.47 Å². The molecule has 0 aliphatic carbocycles. The molecule has 7 nitrogen and oxygen atoms in total. The first-order valence-corrected chi connectivity index (χ1v) is 9.12. The maximum absolute atomic E-state index is 12.8. The number of nitrogens with one attached hydrogen (secondary N) is 1. The van der Waals surface area contributed by atoms with Gasteiger partial charge in [-0.15, -0.1) is 0 Å². The number of nitrogens with zero attached hydrogens (tertiary/aromatic N) is 2. The molecule has 0 saturated carbocycles. The summed E-state index contributed by atoms with van der Waals surface area (Å²) in [5.74, 6) is 0.680. The molecule has 0 saturated heterocycles. The summed E-state index contributed by atoms with van der Waals surface area (Å²) in [6, 6.07) is 15.1. The predicted octanol–water partition coefficient (Wildman–Crippen LogP) is 3.44. The van der Waals surface area contributed by atoms with Gasteiger partial charge in [0.1, 0.15) is 17.5 Å². The average molecular weight is 393 g/mol. The van der Waals surface area contributed by atoms with E-state index < -0.39 is 6.04 Å². The average Bonchev–Trinajstić information content (AvgIpc) is 2.74. The van der Waals surface area contributed by atoms with E-state index in [-0.39, 0.29) is 11.5 Å². The van der Waals surface area contributed by atoms with Gasteiger partial charge in [-0.2, -0.15) is 5.10 Å². The molecule has 0 aliphatic rings. The molecule has 3 aromatic rings. The summed E-state index contributed by atoms with van der Waals surface area (Å²) in [6.07, 6.45) is 0. The molecule has 0 unspecified atom stereocenters. The van der Waals surface area contributed by atoms with Crippen molar-refractivity contribution < 1.29 is 14.3 Å². The quantitative estimate of drug-likeness (QED) is 0.694. The van der Waals surface area contributed by atoms with E-state index >= 15 is 0 Å². The zero-order chi connectivity index (χ0) is 21.0. The van der Waals surface area contributed by atoms with Crippen molar-refractivity contribution in [3.8, 4) is 22.8 Å². The molecular formula is C22H23N3O4. The van der Waals surface area contributed by atoms with Crippen LogP contribution in [0.3, 0.4) is 0 Å². The molecule has 29 heavy (non-hydrogen) atoms. The molecule has 1 atom stereocenters. The van der Waals surface area contributed by atoms with Crippen LogP contribution in [0.4, 0.5) is 5.69 Å². The zero-order valence-corrected chi connectivity index (χ0v) is 16.8. The topological polar surface area (TPSA) is 82.5 Å². The van der Waals surface area contributed by atoms with Crippen molar-refractivity contribution in [3.63, 3.8) is 0 Å². The van der Waals surface area contributed by atoms with Gasteiger partial charge in [0.2, 0.25) is 5.91 Å². The number of aryl methyl sites for hydroxylation is 1. The number of ether oxygens (including phenoxy) is 2. The van der Waals surface area contributed by atoms with Crippen molar-refractivity contribution in [2.45, 2.75) is 19.9 Å². The van der Waals surface area contributed by atoms with Crippen molar-refractivity contribution in [1.29, 1.82) is 0 Å². The van der Waals surface area contributed by atoms with Crippen LogP contribution in [0, 0.1) is 6.92 Å². The van der Waals surface area contributed by atoms with Crippen LogP contribution >= 0.6 is 0 Å². The normalized spacial score (nSPS) is 11.6. The molecular weight excluding hydrogens is 370 g/mol. The van der Waals surface area contributed by atoms with Crippen LogP contribution in [0.15, 0.2) is 59.4 Å². The van der Waals surface area contributed by atoms with Crippen molar-refractivity contribution >= 4 is 11.6 Å². The molecule has 0 spiro atoms. The number of hydrogen-bond donors (Lipinski definition) is 1. The van der Waals surface area contributed by atoms with Gasteiger partial charge in [-0.3, -0.25) is 9.59 Å². The summed E-state index contributed by atoms with van der Waals surface area (Å²) in [6.45, 7) is 3.62. The minimum absolute atomic E-state index is 0.356. The third-order valence-electron chi connectivity index (χ3n) is 4.59. The SMILES string of the molecule is COc1ccc(NC(=O)[C@@H](C)n2nc(-c3ccc(C)cc3)ccc2=O)c(OC)c1. The van der Waals surface area contributed by atoms with Crippen molar-refractivity contribution in [3.05, 3.63) is 70.5 Å². The monoisotopic (exact) mass is 393 g/mol. The van der Waals surface area contributed by atoms with E-state index in [0.717, 1.165) is 11.1 Å². The summed E-state index contributed by atoms with van der Waals surface area (Å²) in [5.41, 5.74) is 2.74. The Morgan fingerprint density at radius 3 is 2.41 bits per heavy atom. The Kier molecular flexibility index (Phi) is 5.97. The number of carbonyl (C=O) groups excluding carboxylic acids is 1. The summed E-state index contributed by atoms with van der Waals surface area (Å²) in [5, 5.41) is 7.18. The number of rotatable bonds is 6. The Bertz CT molecular complexity index is 1070. The highest BCUT2D eigenvalue weighted by Crippen LogP contribution is 2.29. The molecule has 0 bridgehead atoms.